The summed E-state index contributed by atoms with van der Waals surface area (Å²) in [5, 5.41) is 3.04. The number of hydrogen-bond acceptors (Lipinski definition) is 5. The highest BCUT2D eigenvalue weighted by Crippen LogP contribution is 2.35. The number of aryl methyl sites for hydroxylation is 1. The number of aromatic nitrogens is 4. The number of imidazole rings is 1. The normalized spacial score (nSPS) is 15.3. The molecule has 0 saturated carbocycles. The molecule has 0 radical (unpaired) electrons. The smallest absolute Gasteiger partial charge is 0.333 e. The molecule has 1 N–H and O–H groups in total. The van der Waals surface area contributed by atoms with Gasteiger partial charge in [0, 0.05) is 17.2 Å². The van der Waals surface area contributed by atoms with Gasteiger partial charge in [0.1, 0.15) is 6.54 Å². The van der Waals surface area contributed by atoms with Crippen molar-refractivity contribution in [3.05, 3.63) is 92.9 Å². The SMILES string of the molecule is CCn1cnc2c1c(=O)n(CC(=O)N[C@@H]1CCSc3ccccc31)c(=O)n2Cc1ccccc1. The van der Waals surface area contributed by atoms with Gasteiger partial charge in [-0.25, -0.2) is 14.3 Å². The summed E-state index contributed by atoms with van der Waals surface area (Å²) >= 11 is 1.77. The number of carbonyl (C=O) groups is 1. The monoisotopic (exact) mass is 475 g/mol. The zero-order valence-corrected chi connectivity index (χ0v) is 19.6. The van der Waals surface area contributed by atoms with Gasteiger partial charge in [-0.3, -0.25) is 14.2 Å². The van der Waals surface area contributed by atoms with Gasteiger partial charge in [0.2, 0.25) is 5.91 Å². The fraction of sp³-hybridized carbons (Fsp3) is 0.280. The molecule has 2 aromatic heterocycles. The van der Waals surface area contributed by atoms with Crippen LogP contribution >= 0.6 is 11.8 Å². The van der Waals surface area contributed by atoms with Crippen molar-refractivity contribution in [2.75, 3.05) is 5.75 Å². The van der Waals surface area contributed by atoms with Gasteiger partial charge < -0.3 is 9.88 Å². The lowest BCUT2D eigenvalue weighted by Crippen LogP contribution is -2.45. The van der Waals surface area contributed by atoms with E-state index in [1.807, 2.05) is 61.5 Å². The molecular formula is C25H25N5O3S. The quantitative estimate of drug-likeness (QED) is 0.463. The Balaban J connectivity index is 1.51. The number of carbonyl (C=O) groups excluding carboxylic acids is 1. The Morgan fingerprint density at radius 3 is 2.65 bits per heavy atom. The second kappa shape index (κ2) is 9.34. The number of nitrogens with one attached hydrogen (secondary N) is 1. The molecule has 34 heavy (non-hydrogen) atoms. The fourth-order valence-corrected chi connectivity index (χ4v) is 5.53. The highest BCUT2D eigenvalue weighted by molar-refractivity contribution is 7.99. The molecule has 3 heterocycles. The summed E-state index contributed by atoms with van der Waals surface area (Å²) in [6, 6.07) is 17.4. The molecule has 0 aliphatic carbocycles. The van der Waals surface area contributed by atoms with Crippen molar-refractivity contribution in [3.63, 3.8) is 0 Å². The Morgan fingerprint density at radius 2 is 1.85 bits per heavy atom. The van der Waals surface area contributed by atoms with E-state index in [1.165, 1.54) is 4.57 Å². The van der Waals surface area contributed by atoms with Crippen LogP contribution in [0.4, 0.5) is 0 Å². The molecule has 1 atom stereocenters. The third-order valence-electron chi connectivity index (χ3n) is 6.10. The zero-order valence-electron chi connectivity index (χ0n) is 18.8. The first kappa shape index (κ1) is 22.2. The van der Waals surface area contributed by atoms with Crippen LogP contribution in [0.25, 0.3) is 11.2 Å². The van der Waals surface area contributed by atoms with Gasteiger partial charge in [0.15, 0.2) is 11.2 Å². The van der Waals surface area contributed by atoms with E-state index in [4.69, 9.17) is 0 Å². The van der Waals surface area contributed by atoms with Crippen LogP contribution in [0.5, 0.6) is 0 Å². The maximum Gasteiger partial charge on any atom is 0.333 e. The number of nitrogens with zero attached hydrogens (tertiary/aromatic N) is 4. The maximum absolute atomic E-state index is 13.4. The third kappa shape index (κ3) is 4.07. The van der Waals surface area contributed by atoms with E-state index >= 15 is 0 Å². The number of hydrogen-bond donors (Lipinski definition) is 1. The van der Waals surface area contributed by atoms with Crippen LogP contribution in [0, 0.1) is 0 Å². The predicted octanol–water partition coefficient (Wildman–Crippen LogP) is 2.78. The second-order valence-electron chi connectivity index (χ2n) is 8.24. The molecule has 4 aromatic rings. The summed E-state index contributed by atoms with van der Waals surface area (Å²) in [7, 11) is 0. The number of amides is 1. The minimum Gasteiger partial charge on any atom is -0.348 e. The van der Waals surface area contributed by atoms with E-state index in [0.717, 1.165) is 32.8 Å². The third-order valence-corrected chi connectivity index (χ3v) is 7.23. The first-order valence-corrected chi connectivity index (χ1v) is 12.3. The lowest BCUT2D eigenvalue weighted by Gasteiger charge is -2.26. The Bertz CT molecular complexity index is 1470. The molecule has 1 amide bonds. The van der Waals surface area contributed by atoms with Crippen molar-refractivity contribution >= 4 is 28.8 Å². The van der Waals surface area contributed by atoms with Crippen molar-refractivity contribution in [3.8, 4) is 0 Å². The average molecular weight is 476 g/mol. The van der Waals surface area contributed by atoms with Crippen LogP contribution in [-0.2, 0) is 24.4 Å². The number of benzene rings is 2. The van der Waals surface area contributed by atoms with Crippen molar-refractivity contribution in [2.24, 2.45) is 0 Å². The highest BCUT2D eigenvalue weighted by atomic mass is 32.2. The Kier molecular flexibility index (Phi) is 6.10. The van der Waals surface area contributed by atoms with E-state index in [-0.39, 0.29) is 25.0 Å². The molecule has 174 valence electrons. The minimum atomic E-state index is -0.544. The Hall–Kier alpha value is -3.59. The van der Waals surface area contributed by atoms with Gasteiger partial charge in [-0.05, 0) is 30.5 Å². The van der Waals surface area contributed by atoms with Gasteiger partial charge in [-0.15, -0.1) is 11.8 Å². The molecule has 1 aliphatic heterocycles. The minimum absolute atomic E-state index is 0.142. The fourth-order valence-electron chi connectivity index (χ4n) is 4.40. The zero-order chi connectivity index (χ0) is 23.7. The highest BCUT2D eigenvalue weighted by Gasteiger charge is 2.24. The molecular weight excluding hydrogens is 450 g/mol. The van der Waals surface area contributed by atoms with Gasteiger partial charge in [0.05, 0.1) is 18.9 Å². The molecule has 0 unspecified atom stereocenters. The second-order valence-corrected chi connectivity index (χ2v) is 9.38. The first-order valence-electron chi connectivity index (χ1n) is 11.3. The molecule has 0 bridgehead atoms. The predicted molar refractivity (Wildman–Crippen MR) is 132 cm³/mol. The van der Waals surface area contributed by atoms with Gasteiger partial charge >= 0.3 is 5.69 Å². The largest absolute Gasteiger partial charge is 0.348 e. The van der Waals surface area contributed by atoms with Crippen LogP contribution in [0.1, 0.15) is 30.5 Å². The number of thioether (sulfide) groups is 1. The van der Waals surface area contributed by atoms with Gasteiger partial charge in [0.25, 0.3) is 5.56 Å². The summed E-state index contributed by atoms with van der Waals surface area (Å²) in [6.07, 6.45) is 2.36. The molecule has 0 spiro atoms. The average Bonchev–Trinajstić information content (AvgIpc) is 3.30. The van der Waals surface area contributed by atoms with E-state index in [1.54, 1.807) is 22.7 Å². The van der Waals surface area contributed by atoms with E-state index < -0.39 is 11.2 Å². The van der Waals surface area contributed by atoms with Crippen LogP contribution < -0.4 is 16.6 Å². The number of fused-ring (bicyclic) bond motifs is 2. The van der Waals surface area contributed by atoms with E-state index in [2.05, 4.69) is 10.3 Å². The lowest BCUT2D eigenvalue weighted by molar-refractivity contribution is -0.122. The van der Waals surface area contributed by atoms with Crippen LogP contribution in [0.3, 0.4) is 0 Å². The summed E-state index contributed by atoms with van der Waals surface area (Å²) in [5.74, 6) is 0.534. The summed E-state index contributed by atoms with van der Waals surface area (Å²) in [4.78, 5) is 45.3. The Labute approximate surface area is 200 Å². The topological polar surface area (TPSA) is 90.9 Å². The van der Waals surface area contributed by atoms with E-state index in [0.29, 0.717) is 17.7 Å². The first-order chi connectivity index (χ1) is 16.6. The molecule has 1 aliphatic rings. The number of rotatable bonds is 6. The van der Waals surface area contributed by atoms with E-state index in [9.17, 15) is 14.4 Å². The molecule has 8 nitrogen and oxygen atoms in total. The van der Waals surface area contributed by atoms with Gasteiger partial charge in [-0.2, -0.15) is 0 Å². The lowest BCUT2D eigenvalue weighted by atomic mass is 10.0. The molecule has 0 fully saturated rings. The molecule has 9 heteroatoms. The standard InChI is InChI=1S/C25H25N5O3S/c1-2-28-16-26-23-22(28)24(32)30(25(33)29(23)14-17-8-4-3-5-9-17)15-21(31)27-19-12-13-34-20-11-7-6-10-18(19)20/h3-11,16,19H,2,12-15H2,1H3,(H,27,31)/t19-/m1/s1. The van der Waals surface area contributed by atoms with Gasteiger partial charge in [-0.1, -0.05) is 48.5 Å². The molecule has 2 aromatic carbocycles. The van der Waals surface area contributed by atoms with Crippen LogP contribution in [0.2, 0.25) is 0 Å². The summed E-state index contributed by atoms with van der Waals surface area (Å²) in [5.41, 5.74) is 1.58. The Morgan fingerprint density at radius 1 is 1.09 bits per heavy atom. The van der Waals surface area contributed by atoms with Crippen molar-refractivity contribution in [2.45, 2.75) is 43.9 Å². The van der Waals surface area contributed by atoms with Crippen molar-refractivity contribution in [1.82, 2.24) is 24.0 Å². The van der Waals surface area contributed by atoms with Crippen molar-refractivity contribution in [1.29, 1.82) is 0 Å². The van der Waals surface area contributed by atoms with Crippen LogP contribution in [-0.4, -0.2) is 30.3 Å². The van der Waals surface area contributed by atoms with Crippen molar-refractivity contribution < 1.29 is 4.79 Å². The summed E-state index contributed by atoms with van der Waals surface area (Å²) in [6.45, 7) is 2.34. The summed E-state index contributed by atoms with van der Waals surface area (Å²) < 4.78 is 4.21. The van der Waals surface area contributed by atoms with Crippen LogP contribution in [0.15, 0.2) is 75.4 Å². The molecule has 5 rings (SSSR count). The molecule has 0 saturated heterocycles. The maximum atomic E-state index is 13.4.